The molecule has 0 amide bonds. The summed E-state index contributed by atoms with van der Waals surface area (Å²) in [7, 11) is 0. The molecule has 0 aliphatic rings. The van der Waals surface area contributed by atoms with Crippen molar-refractivity contribution in [3.63, 3.8) is 0 Å². The fourth-order valence-electron chi connectivity index (χ4n) is 2.89. The first kappa shape index (κ1) is 19.0. The van der Waals surface area contributed by atoms with Crippen LogP contribution in [0.3, 0.4) is 0 Å². The first-order valence-corrected chi connectivity index (χ1v) is 7.69. The number of aromatic nitrogens is 1. The van der Waals surface area contributed by atoms with Gasteiger partial charge in [0.05, 0.1) is 11.6 Å². The fraction of sp³-hybridized carbons (Fsp3) is 0.167. The van der Waals surface area contributed by atoms with Gasteiger partial charge in [0.2, 0.25) is 0 Å². The molecule has 3 aromatic rings. The zero-order chi connectivity index (χ0) is 16.6. The summed E-state index contributed by atoms with van der Waals surface area (Å²) in [5.41, 5.74) is 2.93. The van der Waals surface area contributed by atoms with Gasteiger partial charge in [0.25, 0.3) is 0 Å². The number of aliphatic carboxylic acids is 1. The quantitative estimate of drug-likeness (QED) is 0.674. The third-order valence-corrected chi connectivity index (χ3v) is 4.22. The number of halogens is 2. The maximum absolute atomic E-state index is 13.2. The summed E-state index contributed by atoms with van der Waals surface area (Å²) in [4.78, 5) is 14.9. The molecule has 0 saturated carbocycles. The Kier molecular flexibility index (Phi) is 6.10. The van der Waals surface area contributed by atoms with Gasteiger partial charge in [-0.3, -0.25) is 4.79 Å². The van der Waals surface area contributed by atoms with E-state index in [4.69, 9.17) is 11.6 Å². The predicted octanol–water partition coefficient (Wildman–Crippen LogP) is 4.56. The summed E-state index contributed by atoms with van der Waals surface area (Å²) in [6.45, 7) is 1.83. The van der Waals surface area contributed by atoms with Crippen LogP contribution in [0.2, 0.25) is 5.02 Å². The average molecular weight is 356 g/mol. The fourth-order valence-corrected chi connectivity index (χ4v) is 3.07. The van der Waals surface area contributed by atoms with Crippen LogP contribution in [0.1, 0.15) is 24.8 Å². The minimum absolute atomic E-state index is 0. The molecule has 3 nitrogen and oxygen atoms in total. The Balaban J connectivity index is 0.00000208. The van der Waals surface area contributed by atoms with Crippen molar-refractivity contribution in [2.45, 2.75) is 19.3 Å². The number of carboxylic acids is 1. The molecular formula is C18H16ClFNNaO2. The maximum atomic E-state index is 13.2. The van der Waals surface area contributed by atoms with Crippen LogP contribution in [0.5, 0.6) is 0 Å². The van der Waals surface area contributed by atoms with Crippen LogP contribution in [-0.2, 0) is 4.79 Å². The van der Waals surface area contributed by atoms with Crippen molar-refractivity contribution >= 4 is 58.0 Å². The molecule has 0 aliphatic heterocycles. The van der Waals surface area contributed by atoms with E-state index in [0.717, 1.165) is 16.5 Å². The molecule has 0 saturated heterocycles. The first-order valence-electron chi connectivity index (χ1n) is 7.31. The second-order valence-corrected chi connectivity index (χ2v) is 5.85. The molecule has 1 atom stereocenters. The van der Waals surface area contributed by atoms with E-state index in [-0.39, 0.29) is 35.4 Å². The molecule has 0 fully saturated rings. The van der Waals surface area contributed by atoms with Crippen LogP contribution in [0.15, 0.2) is 42.5 Å². The first-order chi connectivity index (χ1) is 11.0. The SMILES string of the molecule is CCC(C(=O)O)c1c(-c2ccc(F)cc2)[nH]c2ccc(Cl)cc12.[NaH]. The van der Waals surface area contributed by atoms with Crippen LogP contribution >= 0.6 is 11.6 Å². The van der Waals surface area contributed by atoms with E-state index in [2.05, 4.69) is 4.98 Å². The molecule has 0 bridgehead atoms. The van der Waals surface area contributed by atoms with Crippen molar-refractivity contribution in [1.82, 2.24) is 4.98 Å². The number of hydrogen-bond acceptors (Lipinski definition) is 1. The van der Waals surface area contributed by atoms with Crippen molar-refractivity contribution in [3.8, 4) is 11.3 Å². The van der Waals surface area contributed by atoms with E-state index in [1.807, 2.05) is 13.0 Å². The molecule has 1 aromatic heterocycles. The molecule has 0 spiro atoms. The number of nitrogens with one attached hydrogen (secondary N) is 1. The molecule has 0 radical (unpaired) electrons. The Morgan fingerprint density at radius 1 is 1.25 bits per heavy atom. The van der Waals surface area contributed by atoms with Gasteiger partial charge in [-0.15, -0.1) is 0 Å². The van der Waals surface area contributed by atoms with E-state index in [1.54, 1.807) is 24.3 Å². The number of aromatic amines is 1. The van der Waals surface area contributed by atoms with Crippen LogP contribution in [-0.4, -0.2) is 45.6 Å². The van der Waals surface area contributed by atoms with Crippen molar-refractivity contribution in [2.75, 3.05) is 0 Å². The number of rotatable bonds is 4. The second kappa shape index (κ2) is 7.70. The van der Waals surface area contributed by atoms with Crippen molar-refractivity contribution in [1.29, 1.82) is 0 Å². The van der Waals surface area contributed by atoms with Gasteiger partial charge in [0, 0.05) is 15.9 Å². The van der Waals surface area contributed by atoms with Gasteiger partial charge in [0.1, 0.15) is 5.82 Å². The molecule has 2 aromatic carbocycles. The van der Waals surface area contributed by atoms with Crippen LogP contribution < -0.4 is 0 Å². The minimum atomic E-state index is -0.892. The van der Waals surface area contributed by atoms with E-state index in [1.165, 1.54) is 12.1 Å². The summed E-state index contributed by atoms with van der Waals surface area (Å²) < 4.78 is 13.2. The topological polar surface area (TPSA) is 53.1 Å². The van der Waals surface area contributed by atoms with Crippen LogP contribution in [0.25, 0.3) is 22.2 Å². The molecule has 120 valence electrons. The molecular weight excluding hydrogens is 340 g/mol. The molecule has 2 N–H and O–H groups in total. The molecule has 3 rings (SSSR count). The van der Waals surface area contributed by atoms with Gasteiger partial charge in [-0.05, 0) is 60.0 Å². The summed E-state index contributed by atoms with van der Waals surface area (Å²) in [6.07, 6.45) is 0.447. The van der Waals surface area contributed by atoms with E-state index >= 15 is 0 Å². The predicted molar refractivity (Wildman–Crippen MR) is 96.5 cm³/mol. The van der Waals surface area contributed by atoms with E-state index < -0.39 is 11.9 Å². The normalized spacial score (nSPS) is 12.0. The van der Waals surface area contributed by atoms with Crippen molar-refractivity contribution < 1.29 is 14.3 Å². The number of carbonyl (C=O) groups is 1. The Labute approximate surface area is 166 Å². The number of benzene rings is 2. The zero-order valence-corrected chi connectivity index (χ0v) is 13.2. The zero-order valence-electron chi connectivity index (χ0n) is 12.4. The van der Waals surface area contributed by atoms with Gasteiger partial charge in [-0.2, -0.15) is 0 Å². The summed E-state index contributed by atoms with van der Waals surface area (Å²) >= 11 is 6.08. The van der Waals surface area contributed by atoms with Crippen molar-refractivity contribution in [3.05, 3.63) is 58.9 Å². The molecule has 1 unspecified atom stereocenters. The Hall–Kier alpha value is -1.33. The van der Waals surface area contributed by atoms with Gasteiger partial charge < -0.3 is 10.1 Å². The molecule has 0 aliphatic carbocycles. The van der Waals surface area contributed by atoms with Gasteiger partial charge in [-0.1, -0.05) is 18.5 Å². The van der Waals surface area contributed by atoms with Crippen LogP contribution in [0.4, 0.5) is 4.39 Å². The van der Waals surface area contributed by atoms with E-state index in [0.29, 0.717) is 22.7 Å². The van der Waals surface area contributed by atoms with Gasteiger partial charge in [-0.25, -0.2) is 4.39 Å². The van der Waals surface area contributed by atoms with E-state index in [9.17, 15) is 14.3 Å². The summed E-state index contributed by atoms with van der Waals surface area (Å²) in [5.74, 6) is -1.89. The third kappa shape index (κ3) is 3.52. The number of H-pyrrole nitrogens is 1. The van der Waals surface area contributed by atoms with Crippen molar-refractivity contribution in [2.24, 2.45) is 0 Å². The molecule has 6 heteroatoms. The number of carboxylic acid groups (broad SMARTS) is 1. The molecule has 1 heterocycles. The number of hydrogen-bond donors (Lipinski definition) is 2. The Morgan fingerprint density at radius 3 is 2.50 bits per heavy atom. The number of fused-ring (bicyclic) bond motifs is 1. The van der Waals surface area contributed by atoms with Crippen LogP contribution in [0, 0.1) is 5.82 Å². The Morgan fingerprint density at radius 2 is 1.92 bits per heavy atom. The average Bonchev–Trinajstić information content (AvgIpc) is 2.87. The Bertz CT molecular complexity index is 877. The van der Waals surface area contributed by atoms with Gasteiger partial charge >= 0.3 is 35.5 Å². The third-order valence-electron chi connectivity index (χ3n) is 3.99. The second-order valence-electron chi connectivity index (χ2n) is 5.41. The standard InChI is InChI=1S/C18H15ClFNO2.Na.H/c1-2-13(18(22)23)16-14-9-11(19)5-8-15(14)21-17(16)10-3-6-12(20)7-4-10;;/h3-9,13,21H,2H2,1H3,(H,22,23);;. The summed E-state index contributed by atoms with van der Waals surface area (Å²) in [5, 5.41) is 10.9. The van der Waals surface area contributed by atoms with Gasteiger partial charge in [0.15, 0.2) is 0 Å². The monoisotopic (exact) mass is 355 g/mol. The molecule has 24 heavy (non-hydrogen) atoms. The summed E-state index contributed by atoms with van der Waals surface area (Å²) in [6, 6.07) is 11.3.